The van der Waals surface area contributed by atoms with Crippen LogP contribution in [0.3, 0.4) is 0 Å². The summed E-state index contributed by atoms with van der Waals surface area (Å²) in [5.41, 5.74) is 2.03. The van der Waals surface area contributed by atoms with Gasteiger partial charge in [0.05, 0.1) is 0 Å². The number of nitrogens with one attached hydrogen (secondary N) is 1. The lowest BCUT2D eigenvalue weighted by Gasteiger charge is -2.18. The third kappa shape index (κ3) is 4.72. The molecule has 0 spiro atoms. The van der Waals surface area contributed by atoms with Crippen molar-refractivity contribution in [2.45, 2.75) is 13.5 Å². The van der Waals surface area contributed by atoms with E-state index in [0.717, 1.165) is 11.3 Å². The molecule has 23 heavy (non-hydrogen) atoms. The smallest absolute Gasteiger partial charge is 0.263 e. The van der Waals surface area contributed by atoms with E-state index in [0.29, 0.717) is 13.1 Å². The summed E-state index contributed by atoms with van der Waals surface area (Å²) in [6.07, 6.45) is 1.59. The maximum absolute atomic E-state index is 12.2. The van der Waals surface area contributed by atoms with Crippen molar-refractivity contribution < 1.29 is 4.79 Å². The standard InChI is InChI=1S/C19H19N3O/c1-2-22(18-11-7-4-8-12-18)15-17(13-20)19(23)21-14-16-9-5-3-6-10-16/h3-12,15H,2,14H2,1H3,(H,21,23)/b17-15-. The molecule has 2 rings (SSSR count). The topological polar surface area (TPSA) is 56.1 Å². The second kappa shape index (κ2) is 8.40. The van der Waals surface area contributed by atoms with E-state index >= 15 is 0 Å². The summed E-state index contributed by atoms with van der Waals surface area (Å²) in [6, 6.07) is 21.2. The maximum Gasteiger partial charge on any atom is 0.263 e. The van der Waals surface area contributed by atoms with Gasteiger partial charge in [-0.3, -0.25) is 4.79 Å². The summed E-state index contributed by atoms with van der Waals surface area (Å²) >= 11 is 0. The molecule has 0 aliphatic heterocycles. The van der Waals surface area contributed by atoms with E-state index in [2.05, 4.69) is 5.32 Å². The van der Waals surface area contributed by atoms with Gasteiger partial charge in [-0.25, -0.2) is 0 Å². The first kappa shape index (κ1) is 16.3. The predicted octanol–water partition coefficient (Wildman–Crippen LogP) is 3.24. The first-order valence-corrected chi connectivity index (χ1v) is 7.50. The van der Waals surface area contributed by atoms with Gasteiger partial charge in [0.15, 0.2) is 0 Å². The van der Waals surface area contributed by atoms with Crippen molar-refractivity contribution in [3.05, 3.63) is 78.0 Å². The highest BCUT2D eigenvalue weighted by molar-refractivity contribution is 5.97. The molecule has 0 aliphatic rings. The zero-order chi connectivity index (χ0) is 16.5. The molecule has 116 valence electrons. The number of carbonyl (C=O) groups excluding carboxylic acids is 1. The van der Waals surface area contributed by atoms with Crippen molar-refractivity contribution in [3.63, 3.8) is 0 Å². The number of para-hydroxylation sites is 1. The van der Waals surface area contributed by atoms with Crippen LogP contribution in [0.15, 0.2) is 72.4 Å². The first-order chi connectivity index (χ1) is 11.2. The molecule has 2 aromatic rings. The molecule has 0 saturated heterocycles. The number of carbonyl (C=O) groups is 1. The molecule has 1 amide bonds. The molecule has 4 nitrogen and oxygen atoms in total. The van der Waals surface area contributed by atoms with Crippen LogP contribution in [0.1, 0.15) is 12.5 Å². The molecule has 0 heterocycles. The van der Waals surface area contributed by atoms with E-state index in [9.17, 15) is 10.1 Å². The van der Waals surface area contributed by atoms with E-state index in [-0.39, 0.29) is 11.5 Å². The quantitative estimate of drug-likeness (QED) is 0.658. The van der Waals surface area contributed by atoms with Crippen molar-refractivity contribution in [2.24, 2.45) is 0 Å². The van der Waals surface area contributed by atoms with Gasteiger partial charge in [0.1, 0.15) is 11.6 Å². The molecule has 0 saturated carbocycles. The molecule has 2 aromatic carbocycles. The van der Waals surface area contributed by atoms with Gasteiger partial charge < -0.3 is 10.2 Å². The van der Waals surface area contributed by atoms with Gasteiger partial charge in [-0.2, -0.15) is 5.26 Å². The van der Waals surface area contributed by atoms with Crippen molar-refractivity contribution in [1.82, 2.24) is 5.32 Å². The van der Waals surface area contributed by atoms with Crippen molar-refractivity contribution >= 4 is 11.6 Å². The van der Waals surface area contributed by atoms with Crippen molar-refractivity contribution in [3.8, 4) is 6.07 Å². The Bertz CT molecular complexity index is 702. The largest absolute Gasteiger partial charge is 0.347 e. The fourth-order valence-corrected chi connectivity index (χ4v) is 2.14. The fraction of sp³-hybridized carbons (Fsp3) is 0.158. The van der Waals surface area contributed by atoms with Gasteiger partial charge in [0.2, 0.25) is 0 Å². The zero-order valence-corrected chi connectivity index (χ0v) is 13.1. The molecule has 1 N–H and O–H groups in total. The van der Waals surface area contributed by atoms with Gasteiger partial charge in [-0.1, -0.05) is 48.5 Å². The van der Waals surface area contributed by atoms with Gasteiger partial charge in [-0.15, -0.1) is 0 Å². The summed E-state index contributed by atoms with van der Waals surface area (Å²) in [5, 5.41) is 12.1. The van der Waals surface area contributed by atoms with Crippen LogP contribution in [-0.2, 0) is 11.3 Å². The monoisotopic (exact) mass is 305 g/mol. The van der Waals surface area contributed by atoms with Crippen LogP contribution in [0.25, 0.3) is 0 Å². The average molecular weight is 305 g/mol. The van der Waals surface area contributed by atoms with Crippen LogP contribution >= 0.6 is 0 Å². The summed E-state index contributed by atoms with van der Waals surface area (Å²) in [5.74, 6) is -0.370. The Balaban J connectivity index is 2.08. The van der Waals surface area contributed by atoms with Crippen molar-refractivity contribution in [1.29, 1.82) is 5.26 Å². The van der Waals surface area contributed by atoms with Gasteiger partial charge in [-0.05, 0) is 24.6 Å². The van der Waals surface area contributed by atoms with E-state index in [1.165, 1.54) is 0 Å². The van der Waals surface area contributed by atoms with Gasteiger partial charge in [0, 0.05) is 25.0 Å². The number of nitriles is 1. The van der Waals surface area contributed by atoms with Crippen LogP contribution in [0.4, 0.5) is 5.69 Å². The van der Waals surface area contributed by atoms with Crippen LogP contribution in [0.5, 0.6) is 0 Å². The van der Waals surface area contributed by atoms with E-state index in [1.54, 1.807) is 6.20 Å². The third-order valence-electron chi connectivity index (χ3n) is 3.37. The highest BCUT2D eigenvalue weighted by Crippen LogP contribution is 2.14. The normalized spacial score (nSPS) is 10.7. The average Bonchev–Trinajstić information content (AvgIpc) is 2.62. The maximum atomic E-state index is 12.2. The second-order valence-electron chi connectivity index (χ2n) is 4.94. The molecule has 0 fully saturated rings. The van der Waals surface area contributed by atoms with Crippen molar-refractivity contribution in [2.75, 3.05) is 11.4 Å². The Morgan fingerprint density at radius 3 is 2.30 bits per heavy atom. The lowest BCUT2D eigenvalue weighted by Crippen LogP contribution is -2.26. The molecule has 0 aliphatic carbocycles. The lowest BCUT2D eigenvalue weighted by atomic mass is 10.2. The van der Waals surface area contributed by atoms with E-state index < -0.39 is 0 Å². The molecule has 0 unspecified atom stereocenters. The van der Waals surface area contributed by atoms with Crippen LogP contribution in [0, 0.1) is 11.3 Å². The summed E-state index contributed by atoms with van der Waals surface area (Å²) in [6.45, 7) is 3.04. The number of benzene rings is 2. The van der Waals surface area contributed by atoms with Gasteiger partial charge >= 0.3 is 0 Å². The highest BCUT2D eigenvalue weighted by atomic mass is 16.1. The molecule has 4 heteroatoms. The van der Waals surface area contributed by atoms with E-state index in [1.807, 2.05) is 78.6 Å². The number of anilines is 1. The molecular formula is C19H19N3O. The van der Waals surface area contributed by atoms with Gasteiger partial charge in [0.25, 0.3) is 5.91 Å². The zero-order valence-electron chi connectivity index (χ0n) is 13.1. The van der Waals surface area contributed by atoms with E-state index in [4.69, 9.17) is 0 Å². The minimum absolute atomic E-state index is 0.0895. The highest BCUT2D eigenvalue weighted by Gasteiger charge is 2.11. The van der Waals surface area contributed by atoms with Crippen LogP contribution in [0.2, 0.25) is 0 Å². The molecule has 0 bridgehead atoms. The Kier molecular flexibility index (Phi) is 5.96. The number of hydrogen-bond acceptors (Lipinski definition) is 3. The first-order valence-electron chi connectivity index (χ1n) is 7.50. The Morgan fingerprint density at radius 1 is 1.13 bits per heavy atom. The second-order valence-corrected chi connectivity index (χ2v) is 4.94. The molecule has 0 aromatic heterocycles. The van der Waals surface area contributed by atoms with Crippen LogP contribution < -0.4 is 10.2 Å². The lowest BCUT2D eigenvalue weighted by molar-refractivity contribution is -0.117. The summed E-state index contributed by atoms with van der Waals surface area (Å²) in [7, 11) is 0. The number of hydrogen-bond donors (Lipinski definition) is 1. The predicted molar refractivity (Wildman–Crippen MR) is 91.4 cm³/mol. The minimum Gasteiger partial charge on any atom is -0.347 e. The SMILES string of the molecule is CCN(/C=C(/C#N)C(=O)NCc1ccccc1)c1ccccc1. The number of rotatable bonds is 6. The Hall–Kier alpha value is -3.06. The number of nitrogens with zero attached hydrogens (tertiary/aromatic N) is 2. The molecule has 0 radical (unpaired) electrons. The number of amides is 1. The fourth-order valence-electron chi connectivity index (χ4n) is 2.14. The minimum atomic E-state index is -0.370. The Morgan fingerprint density at radius 2 is 1.74 bits per heavy atom. The molecular weight excluding hydrogens is 286 g/mol. The Labute approximate surface area is 136 Å². The molecule has 0 atom stereocenters. The summed E-state index contributed by atoms with van der Waals surface area (Å²) < 4.78 is 0. The van der Waals surface area contributed by atoms with Crippen LogP contribution in [-0.4, -0.2) is 12.5 Å². The third-order valence-corrected chi connectivity index (χ3v) is 3.37. The summed E-state index contributed by atoms with van der Waals surface area (Å²) in [4.78, 5) is 14.1.